The molecule has 0 aliphatic carbocycles. The smallest absolute Gasteiger partial charge is 0.268 e. The molecule has 2 N–H and O–H groups in total. The quantitative estimate of drug-likeness (QED) is 0.911. The van der Waals surface area contributed by atoms with Crippen LogP contribution in [0, 0.1) is 0 Å². The van der Waals surface area contributed by atoms with Crippen LogP contribution in [0.15, 0.2) is 24.3 Å². The number of methoxy groups -OCH3 is 1. The number of amides is 1. The molecule has 1 amide bonds. The van der Waals surface area contributed by atoms with Gasteiger partial charge in [0, 0.05) is 24.6 Å². The van der Waals surface area contributed by atoms with Crippen LogP contribution < -0.4 is 5.32 Å². The predicted octanol–water partition coefficient (Wildman–Crippen LogP) is 2.83. The highest BCUT2D eigenvalue weighted by molar-refractivity contribution is 5.98. The van der Waals surface area contributed by atoms with Gasteiger partial charge in [-0.05, 0) is 30.0 Å². The maximum atomic E-state index is 12.5. The molecule has 23 heavy (non-hydrogen) atoms. The largest absolute Gasteiger partial charge is 0.379 e. The third kappa shape index (κ3) is 3.41. The van der Waals surface area contributed by atoms with Gasteiger partial charge in [-0.25, -0.2) is 0 Å². The average Bonchev–Trinajstić information content (AvgIpc) is 2.98. The molecule has 0 saturated carbocycles. The number of hydrogen-bond acceptors (Lipinski definition) is 3. The number of hydrogen-bond donors (Lipinski definition) is 2. The summed E-state index contributed by atoms with van der Waals surface area (Å²) >= 11 is 0. The Labute approximate surface area is 136 Å². The van der Waals surface area contributed by atoms with E-state index in [0.29, 0.717) is 24.8 Å². The second-order valence-corrected chi connectivity index (χ2v) is 6.40. The molecular weight excluding hydrogens is 292 g/mol. The highest BCUT2D eigenvalue weighted by atomic mass is 16.5. The Morgan fingerprint density at radius 1 is 1.39 bits per heavy atom. The van der Waals surface area contributed by atoms with Gasteiger partial charge in [-0.3, -0.25) is 4.79 Å². The van der Waals surface area contributed by atoms with Gasteiger partial charge in [0.1, 0.15) is 5.69 Å². The summed E-state index contributed by atoms with van der Waals surface area (Å²) < 4.78 is 10.9. The molecule has 5 nitrogen and oxygen atoms in total. The highest BCUT2D eigenvalue weighted by Gasteiger charge is 2.27. The number of fused-ring (bicyclic) bond motifs is 1. The molecule has 3 rings (SSSR count). The topological polar surface area (TPSA) is 63.4 Å². The fourth-order valence-corrected chi connectivity index (χ4v) is 3.01. The van der Waals surface area contributed by atoms with Gasteiger partial charge in [0.15, 0.2) is 0 Å². The van der Waals surface area contributed by atoms with Crippen LogP contribution >= 0.6 is 0 Å². The number of rotatable bonds is 4. The molecule has 2 atom stereocenters. The molecule has 0 radical (unpaired) electrons. The number of carbonyl (C=O) groups excluding carboxylic acids is 1. The van der Waals surface area contributed by atoms with Crippen molar-refractivity contribution in [1.82, 2.24) is 10.3 Å². The zero-order valence-electron chi connectivity index (χ0n) is 13.9. The summed E-state index contributed by atoms with van der Waals surface area (Å²) in [6.07, 6.45) is 0.802. The van der Waals surface area contributed by atoms with Crippen LogP contribution in [0.4, 0.5) is 0 Å². The molecule has 1 aromatic carbocycles. The minimum Gasteiger partial charge on any atom is -0.379 e. The Morgan fingerprint density at radius 2 is 2.22 bits per heavy atom. The van der Waals surface area contributed by atoms with Crippen molar-refractivity contribution in [1.29, 1.82) is 0 Å². The second-order valence-electron chi connectivity index (χ2n) is 6.40. The monoisotopic (exact) mass is 316 g/mol. The standard InChI is InChI=1S/C18H24N2O3/c1-11(2)12-4-5-13-9-15(19-14(13)8-12)18(21)20-16-10-23-7-6-17(16)22-3/h4-5,8-9,11,16-17,19H,6-7,10H2,1-3H3,(H,20,21)/t16-,17-/m1/s1. The van der Waals surface area contributed by atoms with Gasteiger partial charge >= 0.3 is 0 Å². The lowest BCUT2D eigenvalue weighted by Crippen LogP contribution is -2.50. The van der Waals surface area contributed by atoms with Gasteiger partial charge < -0.3 is 19.8 Å². The van der Waals surface area contributed by atoms with Crippen molar-refractivity contribution in [3.63, 3.8) is 0 Å². The van der Waals surface area contributed by atoms with Gasteiger partial charge in [-0.1, -0.05) is 26.0 Å². The number of aromatic amines is 1. The normalized spacial score (nSPS) is 21.7. The van der Waals surface area contributed by atoms with Crippen molar-refractivity contribution in [2.75, 3.05) is 20.3 Å². The summed E-state index contributed by atoms with van der Waals surface area (Å²) in [6.45, 7) is 5.48. The minimum absolute atomic E-state index is 0.00428. The molecule has 2 aromatic rings. The van der Waals surface area contributed by atoms with Crippen molar-refractivity contribution in [2.45, 2.75) is 38.3 Å². The first-order valence-electron chi connectivity index (χ1n) is 8.12. The van der Waals surface area contributed by atoms with Crippen LogP contribution in [-0.2, 0) is 9.47 Å². The number of nitrogens with one attached hydrogen (secondary N) is 2. The maximum Gasteiger partial charge on any atom is 0.268 e. The van der Waals surface area contributed by atoms with Crippen LogP contribution in [0.5, 0.6) is 0 Å². The molecule has 2 heterocycles. The molecule has 0 spiro atoms. The summed E-state index contributed by atoms with van der Waals surface area (Å²) in [6, 6.07) is 8.05. The van der Waals surface area contributed by atoms with Crippen molar-refractivity contribution in [2.24, 2.45) is 0 Å². The van der Waals surface area contributed by atoms with Gasteiger partial charge in [-0.15, -0.1) is 0 Å². The molecular formula is C18H24N2O3. The Balaban J connectivity index is 1.77. The fourth-order valence-electron chi connectivity index (χ4n) is 3.01. The number of ether oxygens (including phenoxy) is 2. The van der Waals surface area contributed by atoms with E-state index in [1.54, 1.807) is 7.11 Å². The lowest BCUT2D eigenvalue weighted by molar-refractivity contribution is -0.0349. The maximum absolute atomic E-state index is 12.5. The highest BCUT2D eigenvalue weighted by Crippen LogP contribution is 2.22. The number of benzene rings is 1. The van der Waals surface area contributed by atoms with Crippen LogP contribution in [0.3, 0.4) is 0 Å². The summed E-state index contributed by atoms with van der Waals surface area (Å²) in [7, 11) is 1.67. The Bertz CT molecular complexity index is 693. The van der Waals surface area contributed by atoms with Crippen LogP contribution in [0.1, 0.15) is 42.2 Å². The lowest BCUT2D eigenvalue weighted by atomic mass is 10.0. The van der Waals surface area contributed by atoms with Gasteiger partial charge in [0.05, 0.1) is 18.8 Å². The van der Waals surface area contributed by atoms with E-state index in [9.17, 15) is 4.79 Å². The van der Waals surface area contributed by atoms with Crippen molar-refractivity contribution < 1.29 is 14.3 Å². The van der Waals surface area contributed by atoms with E-state index in [1.165, 1.54) is 5.56 Å². The first-order chi connectivity index (χ1) is 11.1. The summed E-state index contributed by atoms with van der Waals surface area (Å²) in [5, 5.41) is 4.06. The minimum atomic E-state index is -0.121. The molecule has 1 aliphatic rings. The van der Waals surface area contributed by atoms with Gasteiger partial charge in [0.25, 0.3) is 5.91 Å². The van der Waals surface area contributed by atoms with Crippen LogP contribution in [-0.4, -0.2) is 43.4 Å². The zero-order valence-corrected chi connectivity index (χ0v) is 13.9. The zero-order chi connectivity index (χ0) is 16.4. The third-order valence-electron chi connectivity index (χ3n) is 4.47. The van der Waals surface area contributed by atoms with E-state index in [0.717, 1.165) is 17.3 Å². The predicted molar refractivity (Wildman–Crippen MR) is 89.9 cm³/mol. The molecule has 1 aromatic heterocycles. The summed E-state index contributed by atoms with van der Waals surface area (Å²) in [5.74, 6) is 0.340. The van der Waals surface area contributed by atoms with E-state index >= 15 is 0 Å². The lowest BCUT2D eigenvalue weighted by Gasteiger charge is -2.30. The molecule has 1 aliphatic heterocycles. The number of H-pyrrole nitrogens is 1. The van der Waals surface area contributed by atoms with Crippen molar-refractivity contribution >= 4 is 16.8 Å². The Morgan fingerprint density at radius 3 is 2.96 bits per heavy atom. The van der Waals surface area contributed by atoms with E-state index in [4.69, 9.17) is 9.47 Å². The van der Waals surface area contributed by atoms with Crippen molar-refractivity contribution in [3.05, 3.63) is 35.5 Å². The summed E-state index contributed by atoms with van der Waals surface area (Å²) in [5.41, 5.74) is 2.82. The van der Waals surface area contributed by atoms with E-state index in [1.807, 2.05) is 6.07 Å². The number of carbonyl (C=O) groups is 1. The van der Waals surface area contributed by atoms with E-state index < -0.39 is 0 Å². The molecule has 1 saturated heterocycles. The first-order valence-corrected chi connectivity index (χ1v) is 8.12. The Hall–Kier alpha value is -1.85. The van der Waals surface area contributed by atoms with Crippen molar-refractivity contribution in [3.8, 4) is 0 Å². The van der Waals surface area contributed by atoms with Gasteiger partial charge in [-0.2, -0.15) is 0 Å². The van der Waals surface area contributed by atoms with E-state index in [-0.39, 0.29) is 18.1 Å². The molecule has 0 bridgehead atoms. The molecule has 5 heteroatoms. The summed E-state index contributed by atoms with van der Waals surface area (Å²) in [4.78, 5) is 15.7. The fraction of sp³-hybridized carbons (Fsp3) is 0.500. The first kappa shape index (κ1) is 16.0. The van der Waals surface area contributed by atoms with E-state index in [2.05, 4.69) is 42.3 Å². The Kier molecular flexibility index (Phi) is 4.68. The SMILES string of the molecule is CO[C@@H]1CCOC[C@H]1NC(=O)c1cc2ccc(C(C)C)cc2[nH]1. The third-order valence-corrected chi connectivity index (χ3v) is 4.47. The van der Waals surface area contributed by atoms with Crippen LogP contribution in [0.25, 0.3) is 10.9 Å². The average molecular weight is 316 g/mol. The molecule has 0 unspecified atom stereocenters. The molecule has 124 valence electrons. The molecule has 1 fully saturated rings. The van der Waals surface area contributed by atoms with Crippen LogP contribution in [0.2, 0.25) is 0 Å². The van der Waals surface area contributed by atoms with Gasteiger partial charge in [0.2, 0.25) is 0 Å². The number of aromatic nitrogens is 1. The second kappa shape index (κ2) is 6.72.